The maximum atomic E-state index is 13.5. The van der Waals surface area contributed by atoms with E-state index in [2.05, 4.69) is 10.6 Å². The van der Waals surface area contributed by atoms with Gasteiger partial charge in [0.15, 0.2) is 13.1 Å². The number of aryl methyl sites for hydroxylation is 1. The number of methoxy groups -OCH3 is 1. The fourth-order valence-electron chi connectivity index (χ4n) is 2.39. The summed E-state index contributed by atoms with van der Waals surface area (Å²) >= 11 is 0. The number of likely N-dealkylation sites (N-methyl/N-ethyl adjacent to an activating group) is 1. The number of rotatable bonds is 7. The van der Waals surface area contributed by atoms with Crippen LogP contribution in [0.4, 0.5) is 15.8 Å². The summed E-state index contributed by atoms with van der Waals surface area (Å²) in [7, 11) is 3.29. The van der Waals surface area contributed by atoms with Crippen molar-refractivity contribution in [2.45, 2.75) is 6.92 Å². The Morgan fingerprint density at radius 2 is 1.65 bits per heavy atom. The van der Waals surface area contributed by atoms with E-state index in [9.17, 15) is 14.0 Å². The molecule has 3 N–H and O–H groups in total. The van der Waals surface area contributed by atoms with Crippen LogP contribution in [0.25, 0.3) is 0 Å². The lowest BCUT2D eigenvalue weighted by Gasteiger charge is -2.14. The summed E-state index contributed by atoms with van der Waals surface area (Å²) in [6, 6.07) is 11.5. The minimum absolute atomic E-state index is 0.0844. The summed E-state index contributed by atoms with van der Waals surface area (Å²) in [5, 5.41) is 5.39. The first-order chi connectivity index (χ1) is 12.4. The van der Waals surface area contributed by atoms with Gasteiger partial charge in [0.25, 0.3) is 11.8 Å². The van der Waals surface area contributed by atoms with Crippen molar-refractivity contribution < 1.29 is 23.6 Å². The lowest BCUT2D eigenvalue weighted by Crippen LogP contribution is -3.11. The first kappa shape index (κ1) is 19.4. The molecule has 6 nitrogen and oxygen atoms in total. The second kappa shape index (κ2) is 8.96. The van der Waals surface area contributed by atoms with E-state index in [4.69, 9.17) is 4.74 Å². The molecule has 0 heterocycles. The normalized spacial score (nSPS) is 11.5. The number of hydrogen-bond donors (Lipinski definition) is 3. The zero-order valence-electron chi connectivity index (χ0n) is 15.1. The summed E-state index contributed by atoms with van der Waals surface area (Å²) in [5.74, 6) is -0.237. The lowest BCUT2D eigenvalue weighted by atomic mass is 10.2. The molecule has 0 spiro atoms. The predicted octanol–water partition coefficient (Wildman–Crippen LogP) is 1.23. The Hall–Kier alpha value is -2.93. The molecule has 0 aliphatic carbocycles. The number of nitrogens with one attached hydrogen (secondary N) is 3. The molecule has 2 amide bonds. The second-order valence-corrected chi connectivity index (χ2v) is 6.10. The molecule has 0 saturated heterocycles. The van der Waals surface area contributed by atoms with Crippen LogP contribution >= 0.6 is 0 Å². The van der Waals surface area contributed by atoms with Crippen molar-refractivity contribution in [3.63, 3.8) is 0 Å². The number of hydrogen-bond acceptors (Lipinski definition) is 3. The summed E-state index contributed by atoms with van der Waals surface area (Å²) in [5.41, 5.74) is 1.54. The summed E-state index contributed by atoms with van der Waals surface area (Å²) in [6.45, 7) is 1.85. The largest absolute Gasteiger partial charge is 0.497 e. The maximum absolute atomic E-state index is 13.5. The number of carbonyl (C=O) groups excluding carboxylic acids is 2. The average Bonchev–Trinajstić information content (AvgIpc) is 2.57. The van der Waals surface area contributed by atoms with Gasteiger partial charge in [0, 0.05) is 17.4 Å². The second-order valence-electron chi connectivity index (χ2n) is 6.10. The van der Waals surface area contributed by atoms with E-state index in [1.54, 1.807) is 57.5 Å². The monoisotopic (exact) mass is 360 g/mol. The van der Waals surface area contributed by atoms with E-state index in [-0.39, 0.29) is 30.7 Å². The number of quaternary nitrogens is 1. The van der Waals surface area contributed by atoms with Crippen molar-refractivity contribution in [3.8, 4) is 5.75 Å². The van der Waals surface area contributed by atoms with E-state index < -0.39 is 0 Å². The molecule has 0 radical (unpaired) electrons. The third-order valence-corrected chi connectivity index (χ3v) is 3.73. The van der Waals surface area contributed by atoms with Crippen LogP contribution in [0.1, 0.15) is 5.56 Å². The zero-order valence-corrected chi connectivity index (χ0v) is 15.1. The summed E-state index contributed by atoms with van der Waals surface area (Å²) in [6.07, 6.45) is 0. The molecule has 2 rings (SSSR count). The van der Waals surface area contributed by atoms with Gasteiger partial charge in [-0.3, -0.25) is 9.59 Å². The molecule has 7 heteroatoms. The van der Waals surface area contributed by atoms with E-state index in [1.165, 1.54) is 6.07 Å². The van der Waals surface area contributed by atoms with Crippen molar-refractivity contribution in [1.29, 1.82) is 0 Å². The van der Waals surface area contributed by atoms with Crippen molar-refractivity contribution in [2.24, 2.45) is 0 Å². The van der Waals surface area contributed by atoms with Crippen LogP contribution in [-0.2, 0) is 9.59 Å². The highest BCUT2D eigenvalue weighted by Gasteiger charge is 2.15. The third kappa shape index (κ3) is 5.86. The number of benzene rings is 2. The molecule has 26 heavy (non-hydrogen) atoms. The van der Waals surface area contributed by atoms with Crippen LogP contribution in [0, 0.1) is 12.7 Å². The minimum atomic E-state index is -0.374. The van der Waals surface area contributed by atoms with Gasteiger partial charge >= 0.3 is 0 Å². The zero-order chi connectivity index (χ0) is 19.1. The molecule has 0 aliphatic heterocycles. The molecule has 138 valence electrons. The fraction of sp³-hybridized carbons (Fsp3) is 0.263. The van der Waals surface area contributed by atoms with Crippen LogP contribution in [0.3, 0.4) is 0 Å². The summed E-state index contributed by atoms with van der Waals surface area (Å²) in [4.78, 5) is 24.8. The Labute approximate surface area is 152 Å². The first-order valence-electron chi connectivity index (χ1n) is 8.18. The van der Waals surface area contributed by atoms with Gasteiger partial charge in [-0.1, -0.05) is 12.1 Å². The topological polar surface area (TPSA) is 71.9 Å². The number of ether oxygens (including phenoxy) is 1. The predicted molar refractivity (Wildman–Crippen MR) is 98.0 cm³/mol. The van der Waals surface area contributed by atoms with Gasteiger partial charge in [-0.2, -0.15) is 0 Å². The lowest BCUT2D eigenvalue weighted by molar-refractivity contribution is -0.862. The highest BCUT2D eigenvalue weighted by Crippen LogP contribution is 2.16. The highest BCUT2D eigenvalue weighted by molar-refractivity contribution is 5.93. The van der Waals surface area contributed by atoms with Crippen molar-refractivity contribution >= 4 is 23.2 Å². The van der Waals surface area contributed by atoms with Crippen molar-refractivity contribution in [1.82, 2.24) is 0 Å². The molecule has 2 aromatic rings. The molecule has 0 aliphatic rings. The van der Waals surface area contributed by atoms with E-state index in [0.717, 1.165) is 0 Å². The van der Waals surface area contributed by atoms with Gasteiger partial charge in [0.05, 0.1) is 14.2 Å². The molecule has 0 aromatic heterocycles. The van der Waals surface area contributed by atoms with Crippen LogP contribution in [0.2, 0.25) is 0 Å². The Morgan fingerprint density at radius 1 is 1.04 bits per heavy atom. The number of anilines is 2. The van der Waals surface area contributed by atoms with E-state index in [0.29, 0.717) is 27.6 Å². The summed E-state index contributed by atoms with van der Waals surface area (Å²) < 4.78 is 18.6. The van der Waals surface area contributed by atoms with Crippen molar-refractivity contribution in [2.75, 3.05) is 37.9 Å². The van der Waals surface area contributed by atoms with Gasteiger partial charge in [-0.05, 0) is 36.8 Å². The fourth-order valence-corrected chi connectivity index (χ4v) is 2.39. The molecule has 0 bridgehead atoms. The smallest absolute Gasteiger partial charge is 0.279 e. The molecule has 1 atom stereocenters. The quantitative estimate of drug-likeness (QED) is 0.696. The maximum Gasteiger partial charge on any atom is 0.279 e. The third-order valence-electron chi connectivity index (χ3n) is 3.73. The van der Waals surface area contributed by atoms with Crippen LogP contribution in [0.15, 0.2) is 42.5 Å². The standard InChI is InChI=1S/C19H22FN3O3/c1-13-7-8-15(10-17(13)20)22-19(25)12-23(2)11-18(24)21-14-5-4-6-16(9-14)26-3/h4-10H,11-12H2,1-3H3,(H,21,24)(H,22,25)/p+1. The SMILES string of the molecule is COc1cccc(NC(=O)C[NH+](C)CC(=O)Nc2ccc(C)c(F)c2)c1. The Kier molecular flexibility index (Phi) is 6.68. The van der Waals surface area contributed by atoms with E-state index in [1.807, 2.05) is 0 Å². The Bertz CT molecular complexity index is 795. The number of carbonyl (C=O) groups is 2. The number of amides is 2. The Balaban J connectivity index is 1.82. The molecule has 1 unspecified atom stereocenters. The first-order valence-corrected chi connectivity index (χ1v) is 8.18. The number of halogens is 1. The molecular weight excluding hydrogens is 337 g/mol. The van der Waals surface area contributed by atoms with Gasteiger partial charge in [-0.25, -0.2) is 4.39 Å². The van der Waals surface area contributed by atoms with Crippen molar-refractivity contribution in [3.05, 3.63) is 53.8 Å². The van der Waals surface area contributed by atoms with Crippen LogP contribution in [-0.4, -0.2) is 39.1 Å². The average molecular weight is 360 g/mol. The van der Waals surface area contributed by atoms with Gasteiger partial charge < -0.3 is 20.3 Å². The van der Waals surface area contributed by atoms with Gasteiger partial charge in [0.2, 0.25) is 0 Å². The van der Waals surface area contributed by atoms with Gasteiger partial charge in [0.1, 0.15) is 11.6 Å². The van der Waals surface area contributed by atoms with E-state index >= 15 is 0 Å². The van der Waals surface area contributed by atoms with Gasteiger partial charge in [-0.15, -0.1) is 0 Å². The van der Waals surface area contributed by atoms with Crippen LogP contribution < -0.4 is 20.3 Å². The minimum Gasteiger partial charge on any atom is -0.497 e. The van der Waals surface area contributed by atoms with Crippen LogP contribution in [0.5, 0.6) is 5.75 Å². The molecule has 2 aromatic carbocycles. The molecule has 0 fully saturated rings. The molecule has 0 saturated carbocycles. The highest BCUT2D eigenvalue weighted by atomic mass is 19.1. The molecular formula is C19H23FN3O3+. The Morgan fingerprint density at radius 3 is 2.23 bits per heavy atom.